The summed E-state index contributed by atoms with van der Waals surface area (Å²) in [5.74, 6) is 0.301. The zero-order valence-corrected chi connectivity index (χ0v) is 16.1. The van der Waals surface area contributed by atoms with E-state index in [9.17, 15) is 18.0 Å². The van der Waals surface area contributed by atoms with Crippen LogP contribution in [-0.4, -0.2) is 40.4 Å². The molecule has 0 aliphatic carbocycles. The lowest BCUT2D eigenvalue weighted by molar-refractivity contribution is -0.274. The summed E-state index contributed by atoms with van der Waals surface area (Å²) in [6, 6.07) is 8.49. The predicted octanol–water partition coefficient (Wildman–Crippen LogP) is 4.29. The molecule has 11 heteroatoms. The predicted molar refractivity (Wildman–Crippen MR) is 108 cm³/mol. The molecule has 0 bridgehead atoms. The minimum Gasteiger partial charge on any atom is -0.406 e. The summed E-state index contributed by atoms with van der Waals surface area (Å²) in [4.78, 5) is 26.8. The molecule has 0 radical (unpaired) electrons. The largest absolute Gasteiger partial charge is 0.573 e. The minimum absolute atomic E-state index is 0.291. The number of rotatable bonds is 3. The highest BCUT2D eigenvalue weighted by Crippen LogP contribution is 2.32. The van der Waals surface area contributed by atoms with Crippen molar-refractivity contribution >= 4 is 23.4 Å². The van der Waals surface area contributed by atoms with E-state index in [-0.39, 0.29) is 5.75 Å². The molecule has 4 rings (SSSR count). The molecule has 0 spiro atoms. The maximum absolute atomic E-state index is 12.9. The number of hydrogen-bond donors (Lipinski definition) is 2. The quantitative estimate of drug-likeness (QED) is 0.644. The molecule has 2 amide bonds. The number of fused-ring (bicyclic) bond motifs is 1. The average Bonchev–Trinajstić information content (AvgIpc) is 2.95. The third kappa shape index (κ3) is 5.00. The first-order valence-corrected chi connectivity index (χ1v) is 9.35. The van der Waals surface area contributed by atoms with Gasteiger partial charge in [0.05, 0.1) is 17.6 Å². The molecule has 31 heavy (non-hydrogen) atoms. The first kappa shape index (κ1) is 20.4. The lowest BCUT2D eigenvalue weighted by Gasteiger charge is -2.22. The summed E-state index contributed by atoms with van der Waals surface area (Å²) in [6.07, 6.45) is 0.253. The summed E-state index contributed by atoms with van der Waals surface area (Å²) >= 11 is 0. The van der Waals surface area contributed by atoms with Gasteiger partial charge < -0.3 is 10.1 Å². The Morgan fingerprint density at radius 3 is 2.84 bits per heavy atom. The number of aromatic nitrogens is 3. The van der Waals surface area contributed by atoms with Crippen LogP contribution in [0.5, 0.6) is 5.75 Å². The fourth-order valence-electron chi connectivity index (χ4n) is 3.11. The Bertz CT molecular complexity index is 1080. The van der Waals surface area contributed by atoms with Crippen molar-refractivity contribution in [2.75, 3.05) is 28.6 Å². The molecule has 3 aromatic rings. The monoisotopic (exact) mass is 430 g/mol. The van der Waals surface area contributed by atoms with E-state index in [4.69, 9.17) is 0 Å². The van der Waals surface area contributed by atoms with E-state index in [0.29, 0.717) is 48.1 Å². The van der Waals surface area contributed by atoms with Gasteiger partial charge in [0.1, 0.15) is 5.75 Å². The zero-order valence-electron chi connectivity index (χ0n) is 16.1. The summed E-state index contributed by atoms with van der Waals surface area (Å²) in [6.45, 7) is 1.03. The Hall–Kier alpha value is -3.89. The SMILES string of the molecule is O=C(Nc1cnccn1)N1CCCNc2ccc(-c3cccc(OC(F)(F)F)c3)nc21. The van der Waals surface area contributed by atoms with Gasteiger partial charge in [-0.15, -0.1) is 13.2 Å². The van der Waals surface area contributed by atoms with E-state index < -0.39 is 12.4 Å². The second kappa shape index (κ2) is 8.46. The topological polar surface area (TPSA) is 92.3 Å². The number of ether oxygens (including phenoxy) is 1. The van der Waals surface area contributed by atoms with Crippen molar-refractivity contribution in [2.24, 2.45) is 0 Å². The summed E-state index contributed by atoms with van der Waals surface area (Å²) in [7, 11) is 0. The Morgan fingerprint density at radius 2 is 2.06 bits per heavy atom. The van der Waals surface area contributed by atoms with Gasteiger partial charge in [-0.05, 0) is 30.7 Å². The van der Waals surface area contributed by atoms with Crippen molar-refractivity contribution in [1.29, 1.82) is 0 Å². The van der Waals surface area contributed by atoms with Crippen LogP contribution in [0, 0.1) is 0 Å². The molecule has 0 atom stereocenters. The van der Waals surface area contributed by atoms with Crippen LogP contribution in [0.15, 0.2) is 55.0 Å². The first-order valence-electron chi connectivity index (χ1n) is 9.35. The van der Waals surface area contributed by atoms with Crippen molar-refractivity contribution in [3.63, 3.8) is 0 Å². The van der Waals surface area contributed by atoms with E-state index in [0.717, 1.165) is 0 Å². The highest BCUT2D eigenvalue weighted by molar-refractivity contribution is 6.02. The summed E-state index contributed by atoms with van der Waals surface area (Å²) in [5.41, 5.74) is 1.45. The standard InChI is InChI=1S/C20H17F3N6O2/c21-20(22,23)31-14-4-1-3-13(11-14)15-5-6-16-18(27-15)29(10-2-7-25-16)19(30)28-17-12-24-8-9-26-17/h1,3-6,8-9,11-12,25H,2,7,10H2,(H,26,28,30). The molecule has 0 saturated heterocycles. The van der Waals surface area contributed by atoms with Crippen molar-refractivity contribution in [1.82, 2.24) is 15.0 Å². The van der Waals surface area contributed by atoms with Crippen LogP contribution >= 0.6 is 0 Å². The van der Waals surface area contributed by atoms with E-state index >= 15 is 0 Å². The third-order valence-electron chi connectivity index (χ3n) is 4.41. The number of carbonyl (C=O) groups is 1. The van der Waals surface area contributed by atoms with Crippen LogP contribution in [0.25, 0.3) is 11.3 Å². The van der Waals surface area contributed by atoms with E-state index in [1.54, 1.807) is 18.2 Å². The smallest absolute Gasteiger partial charge is 0.406 e. The summed E-state index contributed by atoms with van der Waals surface area (Å²) in [5, 5.41) is 5.88. The van der Waals surface area contributed by atoms with Crippen molar-refractivity contribution < 1.29 is 22.7 Å². The van der Waals surface area contributed by atoms with Crippen LogP contribution < -0.4 is 20.3 Å². The minimum atomic E-state index is -4.79. The number of amides is 2. The molecule has 1 aliphatic heterocycles. The Kier molecular flexibility index (Phi) is 5.56. The Labute approximate surface area is 175 Å². The Balaban J connectivity index is 1.65. The molecule has 0 fully saturated rings. The third-order valence-corrected chi connectivity index (χ3v) is 4.41. The molecular weight excluding hydrogens is 413 g/mol. The number of halogens is 3. The van der Waals surface area contributed by atoms with Gasteiger partial charge in [-0.2, -0.15) is 0 Å². The number of anilines is 3. The van der Waals surface area contributed by atoms with E-state index in [1.807, 2.05) is 0 Å². The average molecular weight is 430 g/mol. The maximum Gasteiger partial charge on any atom is 0.573 e. The number of urea groups is 1. The Morgan fingerprint density at radius 1 is 1.19 bits per heavy atom. The van der Waals surface area contributed by atoms with Crippen LogP contribution in [-0.2, 0) is 0 Å². The highest BCUT2D eigenvalue weighted by atomic mass is 19.4. The zero-order chi connectivity index (χ0) is 21.8. The highest BCUT2D eigenvalue weighted by Gasteiger charge is 2.31. The van der Waals surface area contributed by atoms with Gasteiger partial charge in [-0.1, -0.05) is 12.1 Å². The van der Waals surface area contributed by atoms with Crippen LogP contribution in [0.2, 0.25) is 0 Å². The van der Waals surface area contributed by atoms with Crippen LogP contribution in [0.4, 0.5) is 35.3 Å². The fourth-order valence-corrected chi connectivity index (χ4v) is 3.11. The number of alkyl halides is 3. The summed E-state index contributed by atoms with van der Waals surface area (Å²) < 4.78 is 41.7. The number of pyridine rings is 1. The number of nitrogens with zero attached hydrogens (tertiary/aromatic N) is 4. The van der Waals surface area contributed by atoms with Gasteiger partial charge in [-0.3, -0.25) is 15.2 Å². The molecular formula is C20H17F3N6O2. The van der Waals surface area contributed by atoms with E-state index in [2.05, 4.69) is 30.3 Å². The lowest BCUT2D eigenvalue weighted by Crippen LogP contribution is -2.36. The number of benzene rings is 1. The second-order valence-corrected chi connectivity index (χ2v) is 6.60. The van der Waals surface area contributed by atoms with Crippen LogP contribution in [0.3, 0.4) is 0 Å². The van der Waals surface area contributed by atoms with Crippen LogP contribution in [0.1, 0.15) is 6.42 Å². The van der Waals surface area contributed by atoms with Gasteiger partial charge in [0.2, 0.25) is 0 Å². The normalized spacial score (nSPS) is 13.6. The molecule has 0 saturated carbocycles. The number of carbonyl (C=O) groups excluding carboxylic acids is 1. The molecule has 0 unspecified atom stereocenters. The number of hydrogen-bond acceptors (Lipinski definition) is 6. The molecule has 8 nitrogen and oxygen atoms in total. The van der Waals surface area contributed by atoms with Crippen molar-refractivity contribution in [3.8, 4) is 17.0 Å². The maximum atomic E-state index is 12.9. The number of nitrogens with one attached hydrogen (secondary N) is 2. The van der Waals surface area contributed by atoms with Crippen molar-refractivity contribution in [2.45, 2.75) is 12.8 Å². The molecule has 1 aliphatic rings. The molecule has 2 N–H and O–H groups in total. The van der Waals surface area contributed by atoms with Crippen molar-refractivity contribution in [3.05, 3.63) is 55.0 Å². The molecule has 3 heterocycles. The van der Waals surface area contributed by atoms with Gasteiger partial charge in [0, 0.05) is 31.0 Å². The van der Waals surface area contributed by atoms with Gasteiger partial charge in [0.15, 0.2) is 11.6 Å². The molecule has 2 aromatic heterocycles. The van der Waals surface area contributed by atoms with Gasteiger partial charge in [0.25, 0.3) is 0 Å². The van der Waals surface area contributed by atoms with E-state index in [1.165, 1.54) is 41.7 Å². The van der Waals surface area contributed by atoms with Gasteiger partial charge >= 0.3 is 12.4 Å². The van der Waals surface area contributed by atoms with Gasteiger partial charge in [-0.25, -0.2) is 14.8 Å². The first-order chi connectivity index (χ1) is 14.9. The molecule has 160 valence electrons. The second-order valence-electron chi connectivity index (χ2n) is 6.60. The molecule has 1 aromatic carbocycles. The lowest BCUT2D eigenvalue weighted by atomic mass is 10.1. The fraction of sp³-hybridized carbons (Fsp3) is 0.200.